The standard InChI is InChI=1S/C16H14N2O3S/c1-10-4-3-5-13(11(10)2)15(20)21-9-12-8-14(19)18-6-7-22-16(18)17-12/h3-8H,9H2,1-2H3. The molecule has 0 aliphatic rings. The lowest BCUT2D eigenvalue weighted by Gasteiger charge is -2.08. The highest BCUT2D eigenvalue weighted by atomic mass is 32.1. The largest absolute Gasteiger partial charge is 0.456 e. The van der Waals surface area contributed by atoms with Crippen LogP contribution < -0.4 is 5.56 Å². The molecule has 0 amide bonds. The van der Waals surface area contributed by atoms with E-state index in [0.717, 1.165) is 11.1 Å². The summed E-state index contributed by atoms with van der Waals surface area (Å²) in [5.41, 5.74) is 2.74. The number of hydrogen-bond acceptors (Lipinski definition) is 5. The average Bonchev–Trinajstić information content (AvgIpc) is 2.96. The van der Waals surface area contributed by atoms with Crippen molar-refractivity contribution in [3.05, 3.63) is 68.6 Å². The minimum Gasteiger partial charge on any atom is -0.456 e. The Morgan fingerprint density at radius 3 is 3.00 bits per heavy atom. The summed E-state index contributed by atoms with van der Waals surface area (Å²) in [4.78, 5) is 28.9. The maximum absolute atomic E-state index is 12.2. The second kappa shape index (κ2) is 5.73. The highest BCUT2D eigenvalue weighted by Gasteiger charge is 2.12. The fourth-order valence-corrected chi connectivity index (χ4v) is 2.89. The normalized spacial score (nSPS) is 10.8. The first kappa shape index (κ1) is 14.5. The molecule has 0 N–H and O–H groups in total. The molecule has 0 aliphatic carbocycles. The van der Waals surface area contributed by atoms with Crippen LogP contribution in [-0.2, 0) is 11.3 Å². The lowest BCUT2D eigenvalue weighted by Crippen LogP contribution is -2.15. The highest BCUT2D eigenvalue weighted by Crippen LogP contribution is 2.14. The van der Waals surface area contributed by atoms with Gasteiger partial charge in [-0.3, -0.25) is 9.20 Å². The number of rotatable bonds is 3. The van der Waals surface area contributed by atoms with Crippen LogP contribution in [0, 0.1) is 13.8 Å². The lowest BCUT2D eigenvalue weighted by atomic mass is 10.0. The molecule has 22 heavy (non-hydrogen) atoms. The average molecular weight is 314 g/mol. The molecule has 3 aromatic rings. The van der Waals surface area contributed by atoms with Crippen molar-refractivity contribution in [2.75, 3.05) is 0 Å². The SMILES string of the molecule is Cc1cccc(C(=O)OCc2cc(=O)n3ccsc3n2)c1C. The number of carbonyl (C=O) groups excluding carboxylic acids is 1. The Morgan fingerprint density at radius 1 is 1.36 bits per heavy atom. The number of benzene rings is 1. The zero-order valence-electron chi connectivity index (χ0n) is 12.2. The van der Waals surface area contributed by atoms with Crippen LogP contribution in [0.25, 0.3) is 4.96 Å². The molecule has 0 radical (unpaired) electrons. The molecule has 0 saturated carbocycles. The van der Waals surface area contributed by atoms with Crippen molar-refractivity contribution in [3.63, 3.8) is 0 Å². The Kier molecular flexibility index (Phi) is 3.77. The first-order valence-electron chi connectivity index (χ1n) is 6.75. The number of aryl methyl sites for hydroxylation is 1. The molecule has 112 valence electrons. The maximum Gasteiger partial charge on any atom is 0.338 e. The van der Waals surface area contributed by atoms with Crippen LogP contribution in [0.15, 0.2) is 40.6 Å². The van der Waals surface area contributed by atoms with Crippen LogP contribution in [0.1, 0.15) is 27.2 Å². The van der Waals surface area contributed by atoms with Crippen molar-refractivity contribution in [2.45, 2.75) is 20.5 Å². The molecular formula is C16H14N2O3S. The van der Waals surface area contributed by atoms with Crippen molar-refractivity contribution < 1.29 is 9.53 Å². The van der Waals surface area contributed by atoms with Crippen molar-refractivity contribution in [1.82, 2.24) is 9.38 Å². The Hall–Kier alpha value is -2.47. The van der Waals surface area contributed by atoms with Crippen LogP contribution in [0.4, 0.5) is 0 Å². The van der Waals surface area contributed by atoms with Gasteiger partial charge in [-0.25, -0.2) is 9.78 Å². The summed E-state index contributed by atoms with van der Waals surface area (Å²) in [6.07, 6.45) is 1.67. The number of ether oxygens (including phenoxy) is 1. The van der Waals surface area contributed by atoms with Gasteiger partial charge in [-0.2, -0.15) is 0 Å². The van der Waals surface area contributed by atoms with Gasteiger partial charge in [0.15, 0.2) is 4.96 Å². The number of aromatic nitrogens is 2. The van der Waals surface area contributed by atoms with Crippen LogP contribution in [0.5, 0.6) is 0 Å². The van der Waals surface area contributed by atoms with Gasteiger partial charge in [0.25, 0.3) is 5.56 Å². The Bertz CT molecular complexity index is 911. The number of carbonyl (C=O) groups is 1. The molecule has 5 nitrogen and oxygen atoms in total. The van der Waals surface area contributed by atoms with E-state index in [0.29, 0.717) is 16.2 Å². The third kappa shape index (κ3) is 2.65. The molecule has 0 unspecified atom stereocenters. The monoisotopic (exact) mass is 314 g/mol. The minimum absolute atomic E-state index is 0.0180. The molecule has 0 spiro atoms. The zero-order valence-corrected chi connectivity index (χ0v) is 13.0. The number of esters is 1. The third-order valence-electron chi connectivity index (χ3n) is 3.53. The number of hydrogen-bond donors (Lipinski definition) is 0. The van der Waals surface area contributed by atoms with E-state index < -0.39 is 5.97 Å². The minimum atomic E-state index is -0.408. The van der Waals surface area contributed by atoms with Gasteiger partial charge in [0, 0.05) is 17.6 Å². The summed E-state index contributed by atoms with van der Waals surface area (Å²) in [6, 6.07) is 6.88. The van der Waals surface area contributed by atoms with Crippen molar-refractivity contribution in [3.8, 4) is 0 Å². The van der Waals surface area contributed by atoms with E-state index >= 15 is 0 Å². The second-order valence-corrected chi connectivity index (χ2v) is 5.84. The molecule has 2 aromatic heterocycles. The van der Waals surface area contributed by atoms with Gasteiger partial charge in [0.1, 0.15) is 6.61 Å². The van der Waals surface area contributed by atoms with E-state index in [1.54, 1.807) is 17.6 Å². The van der Waals surface area contributed by atoms with Crippen molar-refractivity contribution in [1.29, 1.82) is 0 Å². The van der Waals surface area contributed by atoms with Crippen LogP contribution in [0.3, 0.4) is 0 Å². The Balaban J connectivity index is 1.80. The Morgan fingerprint density at radius 2 is 2.18 bits per heavy atom. The molecule has 0 fully saturated rings. The van der Waals surface area contributed by atoms with E-state index in [9.17, 15) is 9.59 Å². The van der Waals surface area contributed by atoms with E-state index in [1.165, 1.54) is 21.8 Å². The predicted molar refractivity (Wildman–Crippen MR) is 84.4 cm³/mol. The summed E-state index contributed by atoms with van der Waals surface area (Å²) < 4.78 is 6.74. The van der Waals surface area contributed by atoms with Gasteiger partial charge in [-0.1, -0.05) is 12.1 Å². The smallest absolute Gasteiger partial charge is 0.338 e. The maximum atomic E-state index is 12.2. The fraction of sp³-hybridized carbons (Fsp3) is 0.188. The quantitative estimate of drug-likeness (QED) is 0.697. The first-order chi connectivity index (χ1) is 10.6. The van der Waals surface area contributed by atoms with Gasteiger partial charge in [0.2, 0.25) is 0 Å². The van der Waals surface area contributed by atoms with E-state index in [1.807, 2.05) is 26.0 Å². The number of nitrogens with zero attached hydrogens (tertiary/aromatic N) is 2. The molecule has 6 heteroatoms. The summed E-state index contributed by atoms with van der Waals surface area (Å²) >= 11 is 1.36. The van der Waals surface area contributed by atoms with Gasteiger partial charge >= 0.3 is 5.97 Å². The summed E-state index contributed by atoms with van der Waals surface area (Å²) in [7, 11) is 0. The summed E-state index contributed by atoms with van der Waals surface area (Å²) in [5.74, 6) is -0.408. The van der Waals surface area contributed by atoms with Crippen LogP contribution in [0.2, 0.25) is 0 Å². The molecule has 0 bridgehead atoms. The fourth-order valence-electron chi connectivity index (χ4n) is 2.15. The first-order valence-corrected chi connectivity index (χ1v) is 7.63. The number of fused-ring (bicyclic) bond motifs is 1. The van der Waals surface area contributed by atoms with Gasteiger partial charge < -0.3 is 4.74 Å². The predicted octanol–water partition coefficient (Wildman–Crippen LogP) is 2.73. The number of thiazole rings is 1. The second-order valence-electron chi connectivity index (χ2n) is 4.96. The van der Waals surface area contributed by atoms with Gasteiger partial charge in [-0.15, -0.1) is 11.3 Å². The summed E-state index contributed by atoms with van der Waals surface area (Å²) in [6.45, 7) is 3.81. The Labute approximate surface area is 130 Å². The van der Waals surface area contributed by atoms with E-state index in [-0.39, 0.29) is 12.2 Å². The highest BCUT2D eigenvalue weighted by molar-refractivity contribution is 7.15. The molecule has 0 aliphatic heterocycles. The summed E-state index contributed by atoms with van der Waals surface area (Å²) in [5, 5.41) is 1.79. The molecule has 0 saturated heterocycles. The van der Waals surface area contributed by atoms with Crippen LogP contribution in [-0.4, -0.2) is 15.4 Å². The molecular weight excluding hydrogens is 300 g/mol. The van der Waals surface area contributed by atoms with E-state index in [2.05, 4.69) is 4.98 Å². The van der Waals surface area contributed by atoms with Crippen LogP contribution >= 0.6 is 11.3 Å². The molecule has 2 heterocycles. The lowest BCUT2D eigenvalue weighted by molar-refractivity contribution is 0.0467. The molecule has 3 rings (SSSR count). The van der Waals surface area contributed by atoms with Gasteiger partial charge in [0.05, 0.1) is 11.3 Å². The zero-order chi connectivity index (χ0) is 15.7. The third-order valence-corrected chi connectivity index (χ3v) is 4.29. The van der Waals surface area contributed by atoms with Gasteiger partial charge in [-0.05, 0) is 31.0 Å². The molecule has 0 atom stereocenters. The van der Waals surface area contributed by atoms with Crippen molar-refractivity contribution >= 4 is 22.3 Å². The van der Waals surface area contributed by atoms with E-state index in [4.69, 9.17) is 4.74 Å². The molecule has 1 aromatic carbocycles. The van der Waals surface area contributed by atoms with Crippen molar-refractivity contribution in [2.24, 2.45) is 0 Å². The topological polar surface area (TPSA) is 60.7 Å².